The molecule has 2 aromatic carbocycles. The van der Waals surface area contributed by atoms with Crippen LogP contribution in [0.25, 0.3) is 0 Å². The largest absolute Gasteiger partial charge is 0.435 e. The molecule has 6 heteroatoms. The van der Waals surface area contributed by atoms with E-state index in [4.69, 9.17) is 0 Å². The minimum atomic E-state index is -2.90. The fourth-order valence-corrected chi connectivity index (χ4v) is 2.40. The van der Waals surface area contributed by atoms with E-state index in [2.05, 4.69) is 10.1 Å². The lowest BCUT2D eigenvalue weighted by Crippen LogP contribution is -2.30. The Morgan fingerprint density at radius 1 is 1.12 bits per heavy atom. The molecule has 0 spiro atoms. The van der Waals surface area contributed by atoms with Gasteiger partial charge in [-0.15, -0.1) is 0 Å². The Labute approximate surface area is 139 Å². The van der Waals surface area contributed by atoms with Gasteiger partial charge in [-0.3, -0.25) is 4.79 Å². The summed E-state index contributed by atoms with van der Waals surface area (Å²) < 4.78 is 28.8. The molecule has 4 nitrogen and oxygen atoms in total. The van der Waals surface area contributed by atoms with Gasteiger partial charge in [-0.2, -0.15) is 8.78 Å². The van der Waals surface area contributed by atoms with Gasteiger partial charge in [0.15, 0.2) is 0 Å². The number of nitrogens with one attached hydrogen (secondary N) is 1. The number of hydrogen-bond donors (Lipinski definition) is 2. The highest BCUT2D eigenvalue weighted by atomic mass is 19.3. The predicted molar refractivity (Wildman–Crippen MR) is 85.8 cm³/mol. The highest BCUT2D eigenvalue weighted by molar-refractivity contribution is 5.79. The van der Waals surface area contributed by atoms with Crippen LogP contribution in [0, 0.1) is 0 Å². The van der Waals surface area contributed by atoms with Crippen molar-refractivity contribution < 1.29 is 23.4 Å². The summed E-state index contributed by atoms with van der Waals surface area (Å²) in [7, 11) is 0. The molecule has 1 amide bonds. The number of halogens is 2. The smallest absolute Gasteiger partial charge is 0.387 e. The van der Waals surface area contributed by atoms with Gasteiger partial charge in [-0.25, -0.2) is 0 Å². The summed E-state index contributed by atoms with van der Waals surface area (Å²) in [6.45, 7) is -2.96. The van der Waals surface area contributed by atoms with Gasteiger partial charge in [0.25, 0.3) is 0 Å². The van der Waals surface area contributed by atoms with Gasteiger partial charge in [-0.1, -0.05) is 42.5 Å². The van der Waals surface area contributed by atoms with Crippen molar-refractivity contribution in [3.63, 3.8) is 0 Å². The monoisotopic (exact) mass is 335 g/mol. The predicted octanol–water partition coefficient (Wildman–Crippen LogP) is 3.07. The van der Waals surface area contributed by atoms with E-state index in [1.54, 1.807) is 12.1 Å². The van der Waals surface area contributed by atoms with E-state index in [1.165, 1.54) is 12.1 Å². The van der Waals surface area contributed by atoms with E-state index in [-0.39, 0.29) is 30.7 Å². The minimum Gasteiger partial charge on any atom is -0.435 e. The maximum atomic E-state index is 12.2. The van der Waals surface area contributed by atoms with Crippen molar-refractivity contribution in [3.8, 4) is 5.75 Å². The van der Waals surface area contributed by atoms with Crippen LogP contribution in [0.1, 0.15) is 23.6 Å². The first-order valence-corrected chi connectivity index (χ1v) is 7.57. The van der Waals surface area contributed by atoms with Crippen molar-refractivity contribution in [2.24, 2.45) is 0 Å². The Morgan fingerprint density at radius 2 is 1.88 bits per heavy atom. The SMILES string of the molecule is O=C(Cc1cccc(OC(F)F)c1)NC(CCO)c1ccccc1. The Kier molecular flexibility index (Phi) is 6.69. The van der Waals surface area contributed by atoms with Crippen molar-refractivity contribution in [1.82, 2.24) is 5.32 Å². The summed E-state index contributed by atoms with van der Waals surface area (Å²) in [4.78, 5) is 12.2. The topological polar surface area (TPSA) is 58.6 Å². The molecule has 0 saturated carbocycles. The molecule has 0 heterocycles. The fraction of sp³-hybridized carbons (Fsp3) is 0.278. The highest BCUT2D eigenvalue weighted by Crippen LogP contribution is 2.18. The van der Waals surface area contributed by atoms with Crippen molar-refractivity contribution >= 4 is 5.91 Å². The molecule has 0 saturated heterocycles. The van der Waals surface area contributed by atoms with E-state index in [0.29, 0.717) is 12.0 Å². The number of carbonyl (C=O) groups excluding carboxylic acids is 1. The molecule has 1 unspecified atom stereocenters. The third kappa shape index (κ3) is 5.62. The normalized spacial score (nSPS) is 12.0. The van der Waals surface area contributed by atoms with Crippen molar-refractivity contribution in [3.05, 3.63) is 65.7 Å². The Balaban J connectivity index is 2.00. The first-order valence-electron chi connectivity index (χ1n) is 7.57. The lowest BCUT2D eigenvalue weighted by molar-refractivity contribution is -0.121. The molecule has 128 valence electrons. The van der Waals surface area contributed by atoms with Crippen LogP contribution in [0.5, 0.6) is 5.75 Å². The molecule has 2 aromatic rings. The number of ether oxygens (including phenoxy) is 1. The first-order chi connectivity index (χ1) is 11.6. The molecule has 2 N–H and O–H groups in total. The number of alkyl halides is 2. The lowest BCUT2D eigenvalue weighted by Gasteiger charge is -2.18. The molecule has 0 fully saturated rings. The molecule has 0 bridgehead atoms. The zero-order chi connectivity index (χ0) is 17.4. The second-order valence-corrected chi connectivity index (χ2v) is 5.25. The third-order valence-corrected chi connectivity index (χ3v) is 3.44. The molecular weight excluding hydrogens is 316 g/mol. The summed E-state index contributed by atoms with van der Waals surface area (Å²) in [5.74, 6) is -0.239. The zero-order valence-corrected chi connectivity index (χ0v) is 13.0. The number of rotatable bonds is 8. The van der Waals surface area contributed by atoms with E-state index in [0.717, 1.165) is 5.56 Å². The number of amides is 1. The van der Waals surface area contributed by atoms with Crippen LogP contribution in [0.15, 0.2) is 54.6 Å². The van der Waals surface area contributed by atoms with Gasteiger partial charge in [0.1, 0.15) is 5.75 Å². The van der Waals surface area contributed by atoms with Gasteiger partial charge in [-0.05, 0) is 29.7 Å². The molecule has 2 rings (SSSR count). The fourth-order valence-electron chi connectivity index (χ4n) is 2.40. The van der Waals surface area contributed by atoms with Gasteiger partial charge >= 0.3 is 6.61 Å². The third-order valence-electron chi connectivity index (χ3n) is 3.44. The van der Waals surface area contributed by atoms with Crippen molar-refractivity contribution in [2.45, 2.75) is 25.5 Å². The summed E-state index contributed by atoms with van der Waals surface area (Å²) in [5.41, 5.74) is 1.47. The quantitative estimate of drug-likeness (QED) is 0.779. The number of aliphatic hydroxyl groups excluding tert-OH is 1. The van der Waals surface area contributed by atoms with E-state index < -0.39 is 6.61 Å². The molecule has 0 aromatic heterocycles. The molecule has 0 aliphatic carbocycles. The van der Waals surface area contributed by atoms with Crippen LogP contribution < -0.4 is 10.1 Å². The van der Waals surface area contributed by atoms with Crippen LogP contribution in [-0.4, -0.2) is 24.2 Å². The summed E-state index contributed by atoms with van der Waals surface area (Å²) in [6.07, 6.45) is 0.430. The zero-order valence-electron chi connectivity index (χ0n) is 13.0. The Morgan fingerprint density at radius 3 is 2.54 bits per heavy atom. The lowest BCUT2D eigenvalue weighted by atomic mass is 10.0. The summed E-state index contributed by atoms with van der Waals surface area (Å²) >= 11 is 0. The second kappa shape index (κ2) is 8.98. The van der Waals surface area contributed by atoms with Gasteiger partial charge in [0, 0.05) is 6.61 Å². The van der Waals surface area contributed by atoms with Crippen LogP contribution in [0.2, 0.25) is 0 Å². The number of hydrogen-bond acceptors (Lipinski definition) is 3. The highest BCUT2D eigenvalue weighted by Gasteiger charge is 2.14. The summed E-state index contributed by atoms with van der Waals surface area (Å²) in [6, 6.07) is 15.1. The minimum absolute atomic E-state index is 0.0188. The average molecular weight is 335 g/mol. The van der Waals surface area contributed by atoms with Crippen LogP contribution in [0.4, 0.5) is 8.78 Å². The number of carbonyl (C=O) groups is 1. The number of benzene rings is 2. The second-order valence-electron chi connectivity index (χ2n) is 5.25. The van der Waals surface area contributed by atoms with Gasteiger partial charge < -0.3 is 15.2 Å². The van der Waals surface area contributed by atoms with Crippen LogP contribution >= 0.6 is 0 Å². The van der Waals surface area contributed by atoms with Crippen LogP contribution in [0.3, 0.4) is 0 Å². The maximum Gasteiger partial charge on any atom is 0.387 e. The molecule has 1 atom stereocenters. The maximum absolute atomic E-state index is 12.2. The summed E-state index contributed by atoms with van der Waals surface area (Å²) in [5, 5.41) is 12.0. The van der Waals surface area contributed by atoms with Gasteiger partial charge in [0.05, 0.1) is 12.5 Å². The van der Waals surface area contributed by atoms with E-state index in [1.807, 2.05) is 30.3 Å². The van der Waals surface area contributed by atoms with Crippen molar-refractivity contribution in [1.29, 1.82) is 0 Å². The van der Waals surface area contributed by atoms with Gasteiger partial charge in [0.2, 0.25) is 5.91 Å². The van der Waals surface area contributed by atoms with Crippen molar-refractivity contribution in [2.75, 3.05) is 6.61 Å². The first kappa shape index (κ1) is 17.9. The molecule has 0 aliphatic rings. The standard InChI is InChI=1S/C18H19F2NO3/c19-18(20)24-15-8-4-5-13(11-15)12-17(23)21-16(9-10-22)14-6-2-1-3-7-14/h1-8,11,16,18,22H,9-10,12H2,(H,21,23). The average Bonchev–Trinajstić information content (AvgIpc) is 2.55. The Hall–Kier alpha value is -2.47. The Bertz CT molecular complexity index is 650. The van der Waals surface area contributed by atoms with Crippen LogP contribution in [-0.2, 0) is 11.2 Å². The number of aliphatic hydroxyl groups is 1. The molecule has 24 heavy (non-hydrogen) atoms. The molecule has 0 radical (unpaired) electrons. The molecule has 0 aliphatic heterocycles. The van der Waals surface area contributed by atoms with E-state index in [9.17, 15) is 18.7 Å². The van der Waals surface area contributed by atoms with E-state index >= 15 is 0 Å². The molecular formula is C18H19F2NO3.